The SMILES string of the molecule is CCNC(=O)c1cc2c(-c3cc(CNC4C=CCC4)ccc3C)nc(N)nc2s1. The van der Waals surface area contributed by atoms with Crippen molar-refractivity contribution in [2.75, 3.05) is 12.3 Å². The molecule has 1 aromatic carbocycles. The molecule has 1 aliphatic carbocycles. The van der Waals surface area contributed by atoms with Crippen LogP contribution in [0.1, 0.15) is 40.6 Å². The van der Waals surface area contributed by atoms with Crippen LogP contribution >= 0.6 is 11.3 Å². The van der Waals surface area contributed by atoms with Gasteiger partial charge in [0.05, 0.1) is 10.6 Å². The number of carbonyl (C=O) groups is 1. The highest BCUT2D eigenvalue weighted by Crippen LogP contribution is 2.34. The summed E-state index contributed by atoms with van der Waals surface area (Å²) in [4.78, 5) is 22.5. The lowest BCUT2D eigenvalue weighted by molar-refractivity contribution is 0.0960. The van der Waals surface area contributed by atoms with Crippen LogP contribution in [0.2, 0.25) is 0 Å². The van der Waals surface area contributed by atoms with E-state index in [0.29, 0.717) is 17.5 Å². The Hall–Kier alpha value is -2.77. The summed E-state index contributed by atoms with van der Waals surface area (Å²) >= 11 is 1.34. The maximum Gasteiger partial charge on any atom is 0.261 e. The number of aryl methyl sites for hydroxylation is 1. The van der Waals surface area contributed by atoms with Gasteiger partial charge in [-0.25, -0.2) is 9.97 Å². The van der Waals surface area contributed by atoms with Crippen molar-refractivity contribution in [3.05, 3.63) is 52.4 Å². The third-order valence-corrected chi connectivity index (χ3v) is 6.14. The molecule has 0 spiro atoms. The molecule has 7 heteroatoms. The van der Waals surface area contributed by atoms with Crippen LogP contribution in [0.3, 0.4) is 0 Å². The third kappa shape index (κ3) is 4.16. The Morgan fingerprint density at radius 2 is 2.17 bits per heavy atom. The maximum absolute atomic E-state index is 12.3. The number of rotatable bonds is 6. The number of aromatic nitrogens is 2. The smallest absolute Gasteiger partial charge is 0.261 e. The first kappa shape index (κ1) is 19.5. The van der Waals surface area contributed by atoms with Crippen LogP contribution in [0.15, 0.2) is 36.4 Å². The summed E-state index contributed by atoms with van der Waals surface area (Å²) in [5.74, 6) is 0.120. The van der Waals surface area contributed by atoms with E-state index in [9.17, 15) is 4.79 Å². The molecular weight excluding hydrogens is 382 g/mol. The van der Waals surface area contributed by atoms with Crippen LogP contribution in [0.25, 0.3) is 21.5 Å². The normalized spacial score (nSPS) is 15.9. The second kappa shape index (κ2) is 8.31. The van der Waals surface area contributed by atoms with Gasteiger partial charge in [0, 0.05) is 30.1 Å². The van der Waals surface area contributed by atoms with Crippen molar-refractivity contribution >= 4 is 33.4 Å². The minimum Gasteiger partial charge on any atom is -0.368 e. The summed E-state index contributed by atoms with van der Waals surface area (Å²) in [5, 5.41) is 7.28. The van der Waals surface area contributed by atoms with Gasteiger partial charge in [-0.1, -0.05) is 24.3 Å². The van der Waals surface area contributed by atoms with Gasteiger partial charge in [-0.15, -0.1) is 11.3 Å². The van der Waals surface area contributed by atoms with Crippen LogP contribution in [-0.4, -0.2) is 28.5 Å². The Kier molecular flexibility index (Phi) is 5.60. The molecule has 2 aromatic heterocycles. The monoisotopic (exact) mass is 407 g/mol. The van der Waals surface area contributed by atoms with Gasteiger partial charge in [0.25, 0.3) is 5.91 Å². The second-order valence-electron chi connectivity index (χ2n) is 7.26. The number of hydrogen-bond donors (Lipinski definition) is 3. The zero-order chi connectivity index (χ0) is 20.4. The van der Waals surface area contributed by atoms with E-state index < -0.39 is 0 Å². The lowest BCUT2D eigenvalue weighted by atomic mass is 10.00. The second-order valence-corrected chi connectivity index (χ2v) is 8.29. The molecule has 1 atom stereocenters. The minimum absolute atomic E-state index is 0.0979. The molecule has 0 bridgehead atoms. The Bertz CT molecular complexity index is 1090. The summed E-state index contributed by atoms with van der Waals surface area (Å²) in [7, 11) is 0. The molecule has 4 N–H and O–H groups in total. The first-order valence-corrected chi connectivity index (χ1v) is 10.7. The van der Waals surface area contributed by atoms with Gasteiger partial charge in [0.2, 0.25) is 5.95 Å². The molecule has 4 rings (SSSR count). The average Bonchev–Trinajstić information content (AvgIpc) is 3.36. The standard InChI is InChI=1S/C22H25N5OS/c1-3-24-20(28)18-11-17-19(26-22(23)27-21(17)29-18)16-10-14(9-8-13(16)2)12-25-15-6-4-5-7-15/h4,6,8-11,15,25H,3,5,7,12H2,1-2H3,(H,24,28)(H2,23,26,27). The van der Waals surface area contributed by atoms with Crippen molar-refractivity contribution in [3.63, 3.8) is 0 Å². The lowest BCUT2D eigenvalue weighted by Crippen LogP contribution is -2.24. The van der Waals surface area contributed by atoms with Gasteiger partial charge in [-0.3, -0.25) is 4.79 Å². The molecule has 1 unspecified atom stereocenters. The summed E-state index contributed by atoms with van der Waals surface area (Å²) in [6, 6.07) is 8.72. The van der Waals surface area contributed by atoms with Crippen molar-refractivity contribution in [1.29, 1.82) is 0 Å². The number of carbonyl (C=O) groups excluding carboxylic acids is 1. The quantitative estimate of drug-likeness (QED) is 0.541. The van der Waals surface area contributed by atoms with Gasteiger partial charge in [0.15, 0.2) is 0 Å². The van der Waals surface area contributed by atoms with Crippen molar-refractivity contribution in [3.8, 4) is 11.3 Å². The number of nitrogen functional groups attached to an aromatic ring is 1. The van der Waals surface area contributed by atoms with Crippen molar-refractivity contribution < 1.29 is 4.79 Å². The van der Waals surface area contributed by atoms with E-state index in [1.54, 1.807) is 0 Å². The Balaban J connectivity index is 1.72. The predicted octanol–water partition coefficient (Wildman–Crippen LogP) is 3.81. The highest BCUT2D eigenvalue weighted by atomic mass is 32.1. The molecule has 0 saturated carbocycles. The summed E-state index contributed by atoms with van der Waals surface area (Å²) in [5.41, 5.74) is 10.1. The number of benzene rings is 1. The van der Waals surface area contributed by atoms with E-state index in [2.05, 4.69) is 57.9 Å². The molecule has 29 heavy (non-hydrogen) atoms. The van der Waals surface area contributed by atoms with Crippen LogP contribution in [0, 0.1) is 6.92 Å². The highest BCUT2D eigenvalue weighted by Gasteiger charge is 2.17. The molecule has 3 aromatic rings. The zero-order valence-electron chi connectivity index (χ0n) is 16.7. The van der Waals surface area contributed by atoms with Crippen LogP contribution < -0.4 is 16.4 Å². The van der Waals surface area contributed by atoms with Gasteiger partial charge in [-0.2, -0.15) is 0 Å². The van der Waals surface area contributed by atoms with E-state index in [1.165, 1.54) is 16.9 Å². The van der Waals surface area contributed by atoms with E-state index in [4.69, 9.17) is 5.73 Å². The number of fused-ring (bicyclic) bond motifs is 1. The summed E-state index contributed by atoms with van der Waals surface area (Å²) in [6.07, 6.45) is 6.75. The van der Waals surface area contributed by atoms with Crippen LogP contribution in [-0.2, 0) is 6.54 Å². The van der Waals surface area contributed by atoms with E-state index >= 15 is 0 Å². The van der Waals surface area contributed by atoms with Crippen LogP contribution in [0.5, 0.6) is 0 Å². The topological polar surface area (TPSA) is 92.9 Å². The molecule has 2 heterocycles. The minimum atomic E-state index is -0.0979. The molecule has 1 amide bonds. The van der Waals surface area contributed by atoms with E-state index in [-0.39, 0.29) is 11.9 Å². The lowest BCUT2D eigenvalue weighted by Gasteiger charge is -2.13. The number of anilines is 1. The zero-order valence-corrected chi connectivity index (χ0v) is 17.5. The number of nitrogens with two attached hydrogens (primary N) is 1. The fourth-order valence-electron chi connectivity index (χ4n) is 3.59. The number of nitrogens with one attached hydrogen (secondary N) is 2. The van der Waals surface area contributed by atoms with E-state index in [0.717, 1.165) is 46.4 Å². The van der Waals surface area contributed by atoms with Gasteiger partial charge < -0.3 is 16.4 Å². The molecule has 0 saturated heterocycles. The van der Waals surface area contributed by atoms with Crippen LogP contribution in [0.4, 0.5) is 5.95 Å². The summed E-state index contributed by atoms with van der Waals surface area (Å²) in [6.45, 7) is 5.34. The Morgan fingerprint density at radius 1 is 1.31 bits per heavy atom. The fourth-order valence-corrected chi connectivity index (χ4v) is 4.54. The molecule has 1 aliphatic rings. The number of allylic oxidation sites excluding steroid dienone is 1. The third-order valence-electron chi connectivity index (χ3n) is 5.11. The first-order valence-electron chi connectivity index (χ1n) is 9.90. The average molecular weight is 408 g/mol. The van der Waals surface area contributed by atoms with Crippen molar-refractivity contribution in [2.24, 2.45) is 0 Å². The summed E-state index contributed by atoms with van der Waals surface area (Å²) < 4.78 is 0. The molecule has 6 nitrogen and oxygen atoms in total. The molecule has 0 fully saturated rings. The van der Waals surface area contributed by atoms with Gasteiger partial charge >= 0.3 is 0 Å². The number of thiophene rings is 1. The molecule has 0 radical (unpaired) electrons. The molecule has 150 valence electrons. The number of amides is 1. The Morgan fingerprint density at radius 3 is 2.93 bits per heavy atom. The van der Waals surface area contributed by atoms with Gasteiger partial charge in [0.1, 0.15) is 4.83 Å². The molecule has 0 aliphatic heterocycles. The predicted molar refractivity (Wildman–Crippen MR) is 119 cm³/mol. The highest BCUT2D eigenvalue weighted by molar-refractivity contribution is 7.20. The first-order chi connectivity index (χ1) is 14.0. The van der Waals surface area contributed by atoms with E-state index in [1.807, 2.05) is 13.0 Å². The number of hydrogen-bond acceptors (Lipinski definition) is 6. The Labute approximate surface area is 174 Å². The largest absolute Gasteiger partial charge is 0.368 e. The maximum atomic E-state index is 12.3. The number of nitrogens with zero attached hydrogens (tertiary/aromatic N) is 2. The van der Waals surface area contributed by atoms with Crippen molar-refractivity contribution in [1.82, 2.24) is 20.6 Å². The fraction of sp³-hybridized carbons (Fsp3) is 0.318. The van der Waals surface area contributed by atoms with Crippen molar-refractivity contribution in [2.45, 2.75) is 39.3 Å². The molecular formula is C22H25N5OS. The van der Waals surface area contributed by atoms with Gasteiger partial charge in [-0.05, 0) is 49.9 Å².